The highest BCUT2D eigenvalue weighted by atomic mass is 16.5. The summed E-state index contributed by atoms with van der Waals surface area (Å²) in [6, 6.07) is 5.93. The quantitative estimate of drug-likeness (QED) is 0.643. The number of para-hydroxylation sites is 1. The highest BCUT2D eigenvalue weighted by Gasteiger charge is 2.10. The van der Waals surface area contributed by atoms with Crippen LogP contribution >= 0.6 is 0 Å². The SMILES string of the molecule is COCCOc1c(CNCCCn2ccnc2)cccc1OC. The normalized spacial score (nSPS) is 10.7. The van der Waals surface area contributed by atoms with E-state index in [-0.39, 0.29) is 0 Å². The molecular formula is C17H25N3O3. The highest BCUT2D eigenvalue weighted by Crippen LogP contribution is 2.31. The summed E-state index contributed by atoms with van der Waals surface area (Å²) in [5.74, 6) is 1.54. The molecule has 0 amide bonds. The zero-order valence-electron chi connectivity index (χ0n) is 13.8. The van der Waals surface area contributed by atoms with Gasteiger partial charge >= 0.3 is 0 Å². The molecule has 0 saturated heterocycles. The van der Waals surface area contributed by atoms with Gasteiger partial charge in [0.05, 0.1) is 20.0 Å². The summed E-state index contributed by atoms with van der Waals surface area (Å²) in [5.41, 5.74) is 1.09. The molecule has 23 heavy (non-hydrogen) atoms. The van der Waals surface area contributed by atoms with Crippen LogP contribution in [0.25, 0.3) is 0 Å². The third-order valence-electron chi connectivity index (χ3n) is 3.46. The largest absolute Gasteiger partial charge is 0.493 e. The van der Waals surface area contributed by atoms with Crippen molar-refractivity contribution in [1.82, 2.24) is 14.9 Å². The van der Waals surface area contributed by atoms with Crippen LogP contribution in [0.3, 0.4) is 0 Å². The summed E-state index contributed by atoms with van der Waals surface area (Å²) in [4.78, 5) is 4.04. The van der Waals surface area contributed by atoms with E-state index in [0.717, 1.165) is 43.1 Å². The topological polar surface area (TPSA) is 57.5 Å². The lowest BCUT2D eigenvalue weighted by Gasteiger charge is -2.15. The van der Waals surface area contributed by atoms with Gasteiger partial charge in [0.2, 0.25) is 0 Å². The van der Waals surface area contributed by atoms with Crippen molar-refractivity contribution in [2.75, 3.05) is 34.0 Å². The smallest absolute Gasteiger partial charge is 0.165 e. The Morgan fingerprint density at radius 2 is 2.13 bits per heavy atom. The molecule has 0 saturated carbocycles. The molecule has 0 aliphatic carbocycles. The summed E-state index contributed by atoms with van der Waals surface area (Å²) in [7, 11) is 3.31. The van der Waals surface area contributed by atoms with Gasteiger partial charge in [-0.15, -0.1) is 0 Å². The van der Waals surface area contributed by atoms with Crippen molar-refractivity contribution in [3.63, 3.8) is 0 Å². The number of rotatable bonds is 11. The molecule has 6 heteroatoms. The van der Waals surface area contributed by atoms with Crippen molar-refractivity contribution < 1.29 is 14.2 Å². The fraction of sp³-hybridized carbons (Fsp3) is 0.471. The van der Waals surface area contributed by atoms with E-state index in [2.05, 4.69) is 14.9 Å². The molecule has 1 aromatic carbocycles. The number of aromatic nitrogens is 2. The third-order valence-corrected chi connectivity index (χ3v) is 3.46. The van der Waals surface area contributed by atoms with Crippen LogP contribution in [-0.4, -0.2) is 43.5 Å². The first kappa shape index (κ1) is 17.3. The Hall–Kier alpha value is -2.05. The fourth-order valence-electron chi connectivity index (χ4n) is 2.28. The lowest BCUT2D eigenvalue weighted by atomic mass is 10.2. The Bertz CT molecular complexity index is 558. The number of nitrogens with zero attached hydrogens (tertiary/aromatic N) is 2. The zero-order valence-corrected chi connectivity index (χ0v) is 13.8. The van der Waals surface area contributed by atoms with Crippen LogP contribution in [0.15, 0.2) is 36.9 Å². The molecule has 1 aromatic heterocycles. The Balaban J connectivity index is 1.82. The van der Waals surface area contributed by atoms with Crippen LogP contribution in [0.2, 0.25) is 0 Å². The van der Waals surface area contributed by atoms with Gasteiger partial charge in [-0.05, 0) is 19.0 Å². The molecule has 1 heterocycles. The van der Waals surface area contributed by atoms with Crippen molar-refractivity contribution >= 4 is 0 Å². The second-order valence-electron chi connectivity index (χ2n) is 5.12. The van der Waals surface area contributed by atoms with Crippen LogP contribution < -0.4 is 14.8 Å². The van der Waals surface area contributed by atoms with Crippen LogP contribution in [0.4, 0.5) is 0 Å². The molecule has 0 fully saturated rings. The minimum Gasteiger partial charge on any atom is -0.493 e. The van der Waals surface area contributed by atoms with Gasteiger partial charge in [-0.3, -0.25) is 0 Å². The fourth-order valence-corrected chi connectivity index (χ4v) is 2.28. The van der Waals surface area contributed by atoms with E-state index in [1.54, 1.807) is 20.4 Å². The average Bonchev–Trinajstić information content (AvgIpc) is 3.09. The third kappa shape index (κ3) is 5.58. The molecule has 126 valence electrons. The molecule has 0 spiro atoms. The molecule has 0 atom stereocenters. The lowest BCUT2D eigenvalue weighted by molar-refractivity contribution is 0.143. The first-order valence-electron chi connectivity index (χ1n) is 7.79. The van der Waals surface area contributed by atoms with E-state index in [0.29, 0.717) is 13.2 Å². The molecule has 2 aromatic rings. The standard InChI is InChI=1S/C17H25N3O3/c1-21-11-12-23-17-15(5-3-6-16(17)22-2)13-18-7-4-9-20-10-8-19-14-20/h3,5-6,8,10,14,18H,4,7,9,11-13H2,1-2H3. The van der Waals surface area contributed by atoms with E-state index >= 15 is 0 Å². The Morgan fingerprint density at radius 3 is 2.87 bits per heavy atom. The predicted octanol–water partition coefficient (Wildman–Crippen LogP) is 2.10. The zero-order chi connectivity index (χ0) is 16.3. The number of ether oxygens (including phenoxy) is 3. The van der Waals surface area contributed by atoms with Gasteiger partial charge < -0.3 is 24.1 Å². The maximum absolute atomic E-state index is 5.81. The van der Waals surface area contributed by atoms with Crippen LogP contribution in [0, 0.1) is 0 Å². The van der Waals surface area contributed by atoms with Crippen molar-refractivity contribution in [2.24, 2.45) is 0 Å². The maximum atomic E-state index is 5.81. The molecule has 0 aliphatic rings. The van der Waals surface area contributed by atoms with Crippen LogP contribution in [0.5, 0.6) is 11.5 Å². The van der Waals surface area contributed by atoms with Crippen LogP contribution in [-0.2, 0) is 17.8 Å². The van der Waals surface area contributed by atoms with Gasteiger partial charge in [0.1, 0.15) is 6.61 Å². The number of hydrogen-bond acceptors (Lipinski definition) is 5. The van der Waals surface area contributed by atoms with Crippen molar-refractivity contribution in [3.05, 3.63) is 42.5 Å². The number of aryl methyl sites for hydroxylation is 1. The van der Waals surface area contributed by atoms with Gasteiger partial charge in [-0.25, -0.2) is 4.98 Å². The number of hydrogen-bond donors (Lipinski definition) is 1. The Kier molecular flexibility index (Phi) is 7.42. The molecule has 0 bridgehead atoms. The monoisotopic (exact) mass is 319 g/mol. The molecular weight excluding hydrogens is 294 g/mol. The molecule has 1 N–H and O–H groups in total. The first-order chi connectivity index (χ1) is 11.3. The molecule has 2 rings (SSSR count). The van der Waals surface area contributed by atoms with Gasteiger partial charge in [0.25, 0.3) is 0 Å². The summed E-state index contributed by atoms with van der Waals surface area (Å²) in [6.45, 7) is 3.68. The van der Waals surface area contributed by atoms with E-state index in [4.69, 9.17) is 14.2 Å². The number of nitrogens with one attached hydrogen (secondary N) is 1. The predicted molar refractivity (Wildman–Crippen MR) is 88.9 cm³/mol. The highest BCUT2D eigenvalue weighted by molar-refractivity contribution is 5.46. The van der Waals surface area contributed by atoms with E-state index in [9.17, 15) is 0 Å². The van der Waals surface area contributed by atoms with E-state index in [1.807, 2.05) is 30.7 Å². The lowest BCUT2D eigenvalue weighted by Crippen LogP contribution is -2.17. The molecule has 0 radical (unpaired) electrons. The minimum atomic E-state index is 0.504. The molecule has 0 unspecified atom stereocenters. The van der Waals surface area contributed by atoms with Crippen LogP contribution in [0.1, 0.15) is 12.0 Å². The van der Waals surface area contributed by atoms with Gasteiger partial charge in [-0.1, -0.05) is 12.1 Å². The minimum absolute atomic E-state index is 0.504. The summed E-state index contributed by atoms with van der Waals surface area (Å²) < 4.78 is 18.3. The van der Waals surface area contributed by atoms with E-state index in [1.165, 1.54) is 0 Å². The Morgan fingerprint density at radius 1 is 1.22 bits per heavy atom. The van der Waals surface area contributed by atoms with Crippen molar-refractivity contribution in [2.45, 2.75) is 19.5 Å². The number of imidazole rings is 1. The average molecular weight is 319 g/mol. The second-order valence-corrected chi connectivity index (χ2v) is 5.12. The summed E-state index contributed by atoms with van der Waals surface area (Å²) in [5, 5.41) is 3.45. The van der Waals surface area contributed by atoms with Gasteiger partial charge in [-0.2, -0.15) is 0 Å². The molecule has 6 nitrogen and oxygen atoms in total. The summed E-state index contributed by atoms with van der Waals surface area (Å²) >= 11 is 0. The number of methoxy groups -OCH3 is 2. The summed E-state index contributed by atoms with van der Waals surface area (Å²) in [6.07, 6.45) is 6.65. The van der Waals surface area contributed by atoms with Crippen molar-refractivity contribution in [1.29, 1.82) is 0 Å². The molecule has 0 aliphatic heterocycles. The van der Waals surface area contributed by atoms with Gasteiger partial charge in [0.15, 0.2) is 11.5 Å². The van der Waals surface area contributed by atoms with Crippen molar-refractivity contribution in [3.8, 4) is 11.5 Å². The second kappa shape index (κ2) is 9.86. The maximum Gasteiger partial charge on any atom is 0.165 e. The van der Waals surface area contributed by atoms with Gasteiger partial charge in [0, 0.05) is 38.2 Å². The van der Waals surface area contributed by atoms with E-state index < -0.39 is 0 Å². The first-order valence-corrected chi connectivity index (χ1v) is 7.79. The Labute approximate surface area is 137 Å². The number of benzene rings is 1.